The maximum absolute atomic E-state index is 3.71. The third-order valence-corrected chi connectivity index (χ3v) is 4.60. The van der Waals surface area contributed by atoms with Crippen LogP contribution in [0.1, 0.15) is 33.1 Å². The number of rotatable bonds is 3. The summed E-state index contributed by atoms with van der Waals surface area (Å²) in [5, 5.41) is 4.55. The molecule has 1 saturated heterocycles. The molecule has 1 nitrogen and oxygen atoms in total. The number of hydrogen-bond donors (Lipinski definition) is 1. The molecule has 1 heterocycles. The van der Waals surface area contributed by atoms with Crippen molar-refractivity contribution < 1.29 is 0 Å². The first-order valence-corrected chi connectivity index (χ1v) is 6.09. The molecule has 12 heavy (non-hydrogen) atoms. The summed E-state index contributed by atoms with van der Waals surface area (Å²) in [6, 6.07) is 0.799. The second-order valence-electron chi connectivity index (χ2n) is 4.66. The Morgan fingerprint density at radius 2 is 2.25 bits per heavy atom. The van der Waals surface area contributed by atoms with Crippen LogP contribution in [-0.2, 0) is 0 Å². The van der Waals surface area contributed by atoms with E-state index in [1.165, 1.54) is 31.6 Å². The first-order valence-electron chi connectivity index (χ1n) is 5.05. The molecule has 2 aliphatic rings. The minimum Gasteiger partial charge on any atom is -0.312 e. The van der Waals surface area contributed by atoms with E-state index in [1.807, 2.05) is 0 Å². The quantitative estimate of drug-likeness (QED) is 0.724. The van der Waals surface area contributed by atoms with Crippen LogP contribution in [0.15, 0.2) is 0 Å². The predicted molar refractivity (Wildman–Crippen MR) is 55.7 cm³/mol. The Labute approximate surface area is 79.7 Å². The molecule has 0 aromatic heterocycles. The van der Waals surface area contributed by atoms with Gasteiger partial charge in [-0.1, -0.05) is 13.8 Å². The lowest BCUT2D eigenvalue weighted by atomic mass is 10.1. The zero-order valence-electron chi connectivity index (χ0n) is 8.10. The maximum Gasteiger partial charge on any atom is 0.0191 e. The minimum absolute atomic E-state index is 0.674. The monoisotopic (exact) mass is 185 g/mol. The summed E-state index contributed by atoms with van der Waals surface area (Å²) in [6.45, 7) is 6.00. The van der Waals surface area contributed by atoms with E-state index in [0.717, 1.165) is 11.3 Å². The molecule has 0 aromatic carbocycles. The van der Waals surface area contributed by atoms with Gasteiger partial charge in [-0.2, -0.15) is 11.8 Å². The van der Waals surface area contributed by atoms with Crippen LogP contribution in [0, 0.1) is 5.41 Å². The van der Waals surface area contributed by atoms with E-state index in [4.69, 9.17) is 0 Å². The van der Waals surface area contributed by atoms with Gasteiger partial charge in [-0.25, -0.2) is 0 Å². The lowest BCUT2D eigenvalue weighted by Crippen LogP contribution is -2.36. The number of nitrogens with one attached hydrogen (secondary N) is 1. The standard InChI is InChI=1S/C10H19NS/c1-8-9(3-6-12-8)11-7-10(2)4-5-10/h8-9,11H,3-7H2,1-2H3. The van der Waals surface area contributed by atoms with Crippen molar-refractivity contribution in [1.82, 2.24) is 5.32 Å². The van der Waals surface area contributed by atoms with Crippen molar-refractivity contribution in [3.8, 4) is 0 Å². The van der Waals surface area contributed by atoms with E-state index in [9.17, 15) is 0 Å². The molecular weight excluding hydrogens is 166 g/mol. The summed E-state index contributed by atoms with van der Waals surface area (Å²) in [5.74, 6) is 1.36. The molecule has 2 heteroatoms. The Bertz CT molecular complexity index is 165. The van der Waals surface area contributed by atoms with Crippen LogP contribution >= 0.6 is 11.8 Å². The highest BCUT2D eigenvalue weighted by molar-refractivity contribution is 8.00. The van der Waals surface area contributed by atoms with Crippen LogP contribution in [0.3, 0.4) is 0 Å². The van der Waals surface area contributed by atoms with Crippen LogP contribution < -0.4 is 5.32 Å². The summed E-state index contributed by atoms with van der Waals surface area (Å²) in [4.78, 5) is 0. The summed E-state index contributed by atoms with van der Waals surface area (Å²) >= 11 is 2.11. The van der Waals surface area contributed by atoms with Crippen LogP contribution in [0.25, 0.3) is 0 Å². The normalized spacial score (nSPS) is 38.5. The van der Waals surface area contributed by atoms with Crippen molar-refractivity contribution in [3.63, 3.8) is 0 Å². The van der Waals surface area contributed by atoms with Crippen molar-refractivity contribution >= 4 is 11.8 Å². The van der Waals surface area contributed by atoms with E-state index in [1.54, 1.807) is 0 Å². The van der Waals surface area contributed by atoms with Gasteiger partial charge in [-0.15, -0.1) is 0 Å². The number of hydrogen-bond acceptors (Lipinski definition) is 2. The molecule has 0 radical (unpaired) electrons. The third-order valence-electron chi connectivity index (χ3n) is 3.27. The predicted octanol–water partition coefficient (Wildman–Crippen LogP) is 2.27. The maximum atomic E-state index is 3.71. The average molecular weight is 185 g/mol. The fourth-order valence-electron chi connectivity index (χ4n) is 1.77. The molecule has 2 unspecified atom stereocenters. The highest BCUT2D eigenvalue weighted by Gasteiger charge is 2.38. The third kappa shape index (κ3) is 1.97. The fourth-order valence-corrected chi connectivity index (χ4v) is 2.99. The first-order chi connectivity index (χ1) is 5.70. The molecule has 2 fully saturated rings. The molecule has 0 aromatic rings. The van der Waals surface area contributed by atoms with Gasteiger partial charge >= 0.3 is 0 Å². The Kier molecular flexibility index (Phi) is 2.39. The van der Waals surface area contributed by atoms with E-state index >= 15 is 0 Å². The van der Waals surface area contributed by atoms with Gasteiger partial charge in [0.15, 0.2) is 0 Å². The zero-order valence-corrected chi connectivity index (χ0v) is 8.91. The van der Waals surface area contributed by atoms with Gasteiger partial charge in [-0.3, -0.25) is 0 Å². The lowest BCUT2D eigenvalue weighted by molar-refractivity contribution is 0.432. The van der Waals surface area contributed by atoms with E-state index < -0.39 is 0 Å². The van der Waals surface area contributed by atoms with Crippen LogP contribution in [0.4, 0.5) is 0 Å². The van der Waals surface area contributed by atoms with Gasteiger partial charge in [0, 0.05) is 17.8 Å². The number of thioether (sulfide) groups is 1. The summed E-state index contributed by atoms with van der Waals surface area (Å²) < 4.78 is 0. The topological polar surface area (TPSA) is 12.0 Å². The molecule has 2 atom stereocenters. The van der Waals surface area contributed by atoms with Crippen LogP contribution in [0.2, 0.25) is 0 Å². The Morgan fingerprint density at radius 3 is 2.75 bits per heavy atom. The molecule has 1 aliphatic carbocycles. The summed E-state index contributed by atoms with van der Waals surface area (Å²) in [5.41, 5.74) is 0.674. The molecule has 0 spiro atoms. The molecule has 2 rings (SSSR count). The van der Waals surface area contributed by atoms with Gasteiger partial charge in [0.2, 0.25) is 0 Å². The zero-order chi connectivity index (χ0) is 8.60. The fraction of sp³-hybridized carbons (Fsp3) is 1.00. The summed E-state index contributed by atoms with van der Waals surface area (Å²) in [6.07, 6.45) is 4.25. The molecule has 70 valence electrons. The van der Waals surface area contributed by atoms with Gasteiger partial charge in [0.25, 0.3) is 0 Å². The van der Waals surface area contributed by atoms with Gasteiger partial charge in [0.05, 0.1) is 0 Å². The lowest BCUT2D eigenvalue weighted by Gasteiger charge is -2.19. The first kappa shape index (κ1) is 8.89. The Balaban J connectivity index is 1.72. The average Bonchev–Trinajstić information content (AvgIpc) is 2.61. The SMILES string of the molecule is CC1SCCC1NCC1(C)CC1. The second-order valence-corrected chi connectivity index (χ2v) is 6.15. The highest BCUT2D eigenvalue weighted by atomic mass is 32.2. The summed E-state index contributed by atoms with van der Waals surface area (Å²) in [7, 11) is 0. The Morgan fingerprint density at radius 1 is 1.50 bits per heavy atom. The van der Waals surface area contributed by atoms with Gasteiger partial charge in [-0.05, 0) is 30.4 Å². The Hall–Kier alpha value is 0.310. The second kappa shape index (κ2) is 3.22. The van der Waals surface area contributed by atoms with E-state index in [2.05, 4.69) is 30.9 Å². The molecule has 1 N–H and O–H groups in total. The van der Waals surface area contributed by atoms with Crippen molar-refractivity contribution in [1.29, 1.82) is 0 Å². The van der Waals surface area contributed by atoms with Gasteiger partial charge in [0.1, 0.15) is 0 Å². The van der Waals surface area contributed by atoms with E-state index in [0.29, 0.717) is 5.41 Å². The molecular formula is C10H19NS. The molecule has 0 amide bonds. The molecule has 0 bridgehead atoms. The van der Waals surface area contributed by atoms with Crippen molar-refractivity contribution in [2.24, 2.45) is 5.41 Å². The van der Waals surface area contributed by atoms with Gasteiger partial charge < -0.3 is 5.32 Å². The highest BCUT2D eigenvalue weighted by Crippen LogP contribution is 2.44. The van der Waals surface area contributed by atoms with Crippen LogP contribution in [0.5, 0.6) is 0 Å². The largest absolute Gasteiger partial charge is 0.312 e. The minimum atomic E-state index is 0.674. The van der Waals surface area contributed by atoms with Crippen molar-refractivity contribution in [2.75, 3.05) is 12.3 Å². The van der Waals surface area contributed by atoms with Crippen LogP contribution in [-0.4, -0.2) is 23.6 Å². The molecule has 1 aliphatic heterocycles. The van der Waals surface area contributed by atoms with Crippen molar-refractivity contribution in [2.45, 2.75) is 44.4 Å². The smallest absolute Gasteiger partial charge is 0.0191 e. The van der Waals surface area contributed by atoms with Crippen molar-refractivity contribution in [3.05, 3.63) is 0 Å². The molecule has 1 saturated carbocycles. The van der Waals surface area contributed by atoms with E-state index in [-0.39, 0.29) is 0 Å².